The van der Waals surface area contributed by atoms with Gasteiger partial charge in [0, 0.05) is 5.39 Å². The molecule has 3 aromatic carbocycles. The van der Waals surface area contributed by atoms with Gasteiger partial charge in [-0.25, -0.2) is 4.79 Å². The summed E-state index contributed by atoms with van der Waals surface area (Å²) in [5, 5.41) is 11.1. The van der Waals surface area contributed by atoms with Crippen LogP contribution in [0.25, 0.3) is 10.8 Å². The van der Waals surface area contributed by atoms with Crippen molar-refractivity contribution < 1.29 is 24.1 Å². The number of hydrogen-bond donors (Lipinski definition) is 1. The lowest BCUT2D eigenvalue weighted by molar-refractivity contribution is -0.142. The van der Waals surface area contributed by atoms with E-state index in [1.807, 2.05) is 42.5 Å². The molecule has 140 valence electrons. The quantitative estimate of drug-likeness (QED) is 0.532. The molecule has 3 rings (SSSR count). The monoisotopic (exact) mass is 366 g/mol. The topological polar surface area (TPSA) is 65.0 Å². The molecule has 0 saturated heterocycles. The van der Waals surface area contributed by atoms with Gasteiger partial charge in [-0.05, 0) is 42.0 Å². The average molecular weight is 366 g/mol. The van der Waals surface area contributed by atoms with Crippen LogP contribution in [0.2, 0.25) is 0 Å². The van der Waals surface area contributed by atoms with Gasteiger partial charge in [0.25, 0.3) is 0 Å². The van der Waals surface area contributed by atoms with Crippen LogP contribution in [0.5, 0.6) is 17.2 Å². The molecule has 0 aliphatic heterocycles. The molecule has 5 nitrogen and oxygen atoms in total. The van der Waals surface area contributed by atoms with Crippen LogP contribution in [0, 0.1) is 0 Å². The van der Waals surface area contributed by atoms with Gasteiger partial charge in [0.05, 0.1) is 14.2 Å². The summed E-state index contributed by atoms with van der Waals surface area (Å²) in [7, 11) is 3.00. The third kappa shape index (κ3) is 4.04. The van der Waals surface area contributed by atoms with Crippen molar-refractivity contribution >= 4 is 16.7 Å². The van der Waals surface area contributed by atoms with E-state index in [2.05, 4.69) is 12.1 Å². The van der Waals surface area contributed by atoms with Gasteiger partial charge < -0.3 is 19.3 Å². The van der Waals surface area contributed by atoms with Gasteiger partial charge in [-0.1, -0.05) is 42.5 Å². The highest BCUT2D eigenvalue weighted by molar-refractivity contribution is 5.95. The first-order valence-corrected chi connectivity index (χ1v) is 8.64. The van der Waals surface area contributed by atoms with Crippen LogP contribution < -0.4 is 14.2 Å². The standard InChI is InChI=1S/C22H22O5/c1-14(23)22(24)27-20-18-12-16(11-15-7-5-4-6-8-15)9-10-17(18)13-19(25-2)21(20)26-3/h4-10,12-14,23H,11H2,1-3H3. The zero-order valence-electron chi connectivity index (χ0n) is 15.6. The third-order valence-corrected chi connectivity index (χ3v) is 4.30. The normalized spacial score (nSPS) is 11.9. The highest BCUT2D eigenvalue weighted by atomic mass is 16.6. The van der Waals surface area contributed by atoms with E-state index in [0.717, 1.165) is 22.8 Å². The zero-order chi connectivity index (χ0) is 19.4. The Balaban J connectivity index is 2.13. The summed E-state index contributed by atoms with van der Waals surface area (Å²) in [5.74, 6) is 0.258. The Bertz CT molecular complexity index is 948. The van der Waals surface area contributed by atoms with Gasteiger partial charge in [-0.15, -0.1) is 0 Å². The molecule has 27 heavy (non-hydrogen) atoms. The van der Waals surface area contributed by atoms with Crippen molar-refractivity contribution in [2.75, 3.05) is 14.2 Å². The number of benzene rings is 3. The predicted octanol–water partition coefficient (Wildman–Crippen LogP) is 3.73. The Morgan fingerprint density at radius 1 is 0.963 bits per heavy atom. The molecule has 0 aliphatic rings. The van der Waals surface area contributed by atoms with E-state index in [0.29, 0.717) is 11.5 Å². The van der Waals surface area contributed by atoms with E-state index < -0.39 is 12.1 Å². The van der Waals surface area contributed by atoms with E-state index in [1.54, 1.807) is 0 Å². The van der Waals surface area contributed by atoms with Crippen molar-refractivity contribution in [2.45, 2.75) is 19.4 Å². The molecule has 0 spiro atoms. The summed E-state index contributed by atoms with van der Waals surface area (Å²) in [5.41, 5.74) is 2.25. The molecular formula is C22H22O5. The van der Waals surface area contributed by atoms with E-state index in [1.165, 1.54) is 26.7 Å². The highest BCUT2D eigenvalue weighted by Crippen LogP contribution is 2.44. The molecule has 0 fully saturated rings. The summed E-state index contributed by atoms with van der Waals surface area (Å²) in [6.45, 7) is 1.36. The lowest BCUT2D eigenvalue weighted by atomic mass is 10.00. The van der Waals surface area contributed by atoms with Crippen LogP contribution >= 0.6 is 0 Å². The average Bonchev–Trinajstić information content (AvgIpc) is 2.68. The summed E-state index contributed by atoms with van der Waals surface area (Å²) >= 11 is 0. The molecule has 0 bridgehead atoms. The van der Waals surface area contributed by atoms with E-state index >= 15 is 0 Å². The Morgan fingerprint density at radius 3 is 2.33 bits per heavy atom. The number of ether oxygens (including phenoxy) is 3. The smallest absolute Gasteiger partial charge is 0.340 e. The van der Waals surface area contributed by atoms with E-state index in [9.17, 15) is 9.90 Å². The fourth-order valence-corrected chi connectivity index (χ4v) is 2.94. The van der Waals surface area contributed by atoms with Gasteiger partial charge in [-0.2, -0.15) is 0 Å². The molecule has 1 unspecified atom stereocenters. The molecule has 5 heteroatoms. The number of carbonyl (C=O) groups excluding carboxylic acids is 1. The number of rotatable bonds is 6. The maximum absolute atomic E-state index is 12.0. The highest BCUT2D eigenvalue weighted by Gasteiger charge is 2.21. The molecule has 0 radical (unpaired) electrons. The largest absolute Gasteiger partial charge is 0.493 e. The third-order valence-electron chi connectivity index (χ3n) is 4.30. The Hall–Kier alpha value is -3.05. The van der Waals surface area contributed by atoms with Crippen molar-refractivity contribution in [1.82, 2.24) is 0 Å². The number of fused-ring (bicyclic) bond motifs is 1. The molecule has 1 N–H and O–H groups in total. The summed E-state index contributed by atoms with van der Waals surface area (Å²) < 4.78 is 16.3. The fourth-order valence-electron chi connectivity index (χ4n) is 2.94. The Kier molecular flexibility index (Phi) is 5.62. The molecule has 1 atom stereocenters. The van der Waals surface area contributed by atoms with Crippen molar-refractivity contribution in [3.8, 4) is 17.2 Å². The maximum atomic E-state index is 12.0. The summed E-state index contributed by atoms with van der Waals surface area (Å²) in [6, 6.07) is 17.9. The van der Waals surface area contributed by atoms with E-state index in [-0.39, 0.29) is 5.75 Å². The number of aliphatic hydroxyl groups is 1. The van der Waals surface area contributed by atoms with Gasteiger partial charge in [0.15, 0.2) is 11.5 Å². The van der Waals surface area contributed by atoms with Gasteiger partial charge in [0.1, 0.15) is 6.10 Å². The number of methoxy groups -OCH3 is 2. The molecule has 0 heterocycles. The Labute approximate surface area is 158 Å². The van der Waals surface area contributed by atoms with Gasteiger partial charge in [-0.3, -0.25) is 0 Å². The lowest BCUT2D eigenvalue weighted by Crippen LogP contribution is -2.22. The summed E-state index contributed by atoms with van der Waals surface area (Å²) in [4.78, 5) is 12.0. The Morgan fingerprint density at radius 2 is 1.70 bits per heavy atom. The number of carbonyl (C=O) groups is 1. The first-order chi connectivity index (χ1) is 13.0. The fraction of sp³-hybridized carbons (Fsp3) is 0.227. The zero-order valence-corrected chi connectivity index (χ0v) is 15.6. The lowest BCUT2D eigenvalue weighted by Gasteiger charge is -2.17. The van der Waals surface area contributed by atoms with Gasteiger partial charge >= 0.3 is 5.97 Å². The first-order valence-electron chi connectivity index (χ1n) is 8.64. The molecule has 3 aromatic rings. The maximum Gasteiger partial charge on any atom is 0.340 e. The predicted molar refractivity (Wildman–Crippen MR) is 104 cm³/mol. The minimum Gasteiger partial charge on any atom is -0.493 e. The van der Waals surface area contributed by atoms with Crippen molar-refractivity contribution in [2.24, 2.45) is 0 Å². The first kappa shape index (κ1) is 18.7. The van der Waals surface area contributed by atoms with Crippen LogP contribution in [0.4, 0.5) is 0 Å². The summed E-state index contributed by atoms with van der Waals surface area (Å²) in [6.07, 6.45) is -0.502. The second kappa shape index (κ2) is 8.10. The minimum atomic E-state index is -1.25. The number of aliphatic hydroxyl groups excluding tert-OH is 1. The van der Waals surface area contributed by atoms with Crippen LogP contribution in [-0.2, 0) is 11.2 Å². The second-order valence-corrected chi connectivity index (χ2v) is 6.26. The second-order valence-electron chi connectivity index (χ2n) is 6.26. The number of esters is 1. The van der Waals surface area contributed by atoms with Crippen LogP contribution in [0.1, 0.15) is 18.1 Å². The van der Waals surface area contributed by atoms with Crippen molar-refractivity contribution in [1.29, 1.82) is 0 Å². The SMILES string of the molecule is COc1cc2ccc(Cc3ccccc3)cc2c(OC(=O)C(C)O)c1OC. The van der Waals surface area contributed by atoms with Crippen LogP contribution in [-0.4, -0.2) is 31.4 Å². The van der Waals surface area contributed by atoms with Crippen LogP contribution in [0.3, 0.4) is 0 Å². The van der Waals surface area contributed by atoms with E-state index in [4.69, 9.17) is 14.2 Å². The molecule has 0 aliphatic carbocycles. The van der Waals surface area contributed by atoms with Crippen molar-refractivity contribution in [3.05, 3.63) is 65.7 Å². The molecule has 0 aromatic heterocycles. The van der Waals surface area contributed by atoms with Crippen molar-refractivity contribution in [3.63, 3.8) is 0 Å². The molecule has 0 saturated carbocycles. The minimum absolute atomic E-state index is 0.243. The molecular weight excluding hydrogens is 344 g/mol. The number of hydrogen-bond acceptors (Lipinski definition) is 5. The molecule has 0 amide bonds. The van der Waals surface area contributed by atoms with Gasteiger partial charge in [0.2, 0.25) is 5.75 Å². The van der Waals surface area contributed by atoms with Crippen LogP contribution in [0.15, 0.2) is 54.6 Å².